The van der Waals surface area contributed by atoms with Gasteiger partial charge in [0.25, 0.3) is 0 Å². The zero-order valence-corrected chi connectivity index (χ0v) is 17.5. The second kappa shape index (κ2) is 8.93. The summed E-state index contributed by atoms with van der Waals surface area (Å²) < 4.78 is 4.51. The normalized spacial score (nSPS) is 16.2. The van der Waals surface area contributed by atoms with Crippen molar-refractivity contribution in [3.8, 4) is 6.07 Å². The van der Waals surface area contributed by atoms with E-state index in [1.54, 1.807) is 24.3 Å². The zero-order chi connectivity index (χ0) is 20.9. The fourth-order valence-electron chi connectivity index (χ4n) is 3.48. The van der Waals surface area contributed by atoms with Crippen molar-refractivity contribution < 1.29 is 4.79 Å². The molecule has 1 aliphatic rings. The largest absolute Gasteiger partial charge is 0.343 e. The van der Waals surface area contributed by atoms with E-state index in [-0.39, 0.29) is 12.1 Å². The van der Waals surface area contributed by atoms with E-state index in [0.717, 1.165) is 17.4 Å². The molecule has 1 atom stereocenters. The van der Waals surface area contributed by atoms with Gasteiger partial charge in [-0.15, -0.1) is 0 Å². The molecule has 1 unspecified atom stereocenters. The summed E-state index contributed by atoms with van der Waals surface area (Å²) in [5.41, 5.74) is 2.45. The average molecular weight is 419 g/mol. The SMILES string of the molecule is CC1CN(c2nc(Cc3ccccc3)ns2)CCN1C(=O)Nc1ccc(C#N)cc1. The smallest absolute Gasteiger partial charge is 0.322 e. The lowest BCUT2D eigenvalue weighted by Crippen LogP contribution is -2.55. The second-order valence-electron chi connectivity index (χ2n) is 7.26. The fourth-order valence-corrected chi connectivity index (χ4v) is 4.20. The molecule has 0 radical (unpaired) electrons. The molecule has 2 aromatic carbocycles. The molecule has 1 fully saturated rings. The first-order chi connectivity index (χ1) is 14.6. The van der Waals surface area contributed by atoms with Gasteiger partial charge in [-0.1, -0.05) is 30.3 Å². The van der Waals surface area contributed by atoms with Crippen LogP contribution in [-0.2, 0) is 6.42 Å². The maximum atomic E-state index is 12.7. The number of benzene rings is 2. The lowest BCUT2D eigenvalue weighted by Gasteiger charge is -2.39. The molecule has 1 aliphatic heterocycles. The Morgan fingerprint density at radius 2 is 1.97 bits per heavy atom. The van der Waals surface area contributed by atoms with Crippen LogP contribution in [0.4, 0.5) is 15.6 Å². The van der Waals surface area contributed by atoms with Crippen LogP contribution in [0.25, 0.3) is 0 Å². The number of urea groups is 1. The number of anilines is 2. The van der Waals surface area contributed by atoms with Crippen molar-refractivity contribution in [2.24, 2.45) is 0 Å². The van der Waals surface area contributed by atoms with Crippen molar-refractivity contribution >= 4 is 28.4 Å². The molecule has 7 nitrogen and oxygen atoms in total. The number of piperazine rings is 1. The van der Waals surface area contributed by atoms with Crippen LogP contribution >= 0.6 is 11.5 Å². The third-order valence-corrected chi connectivity index (χ3v) is 5.90. The van der Waals surface area contributed by atoms with Gasteiger partial charge in [-0.2, -0.15) is 9.64 Å². The summed E-state index contributed by atoms with van der Waals surface area (Å²) in [5, 5.41) is 12.7. The maximum Gasteiger partial charge on any atom is 0.322 e. The summed E-state index contributed by atoms with van der Waals surface area (Å²) >= 11 is 1.41. The van der Waals surface area contributed by atoms with E-state index in [2.05, 4.69) is 32.8 Å². The first-order valence-electron chi connectivity index (χ1n) is 9.81. The highest BCUT2D eigenvalue weighted by molar-refractivity contribution is 7.09. The third kappa shape index (κ3) is 4.58. The molecular weight excluding hydrogens is 396 g/mol. The molecule has 30 heavy (non-hydrogen) atoms. The van der Waals surface area contributed by atoms with Crippen molar-refractivity contribution in [1.29, 1.82) is 5.26 Å². The van der Waals surface area contributed by atoms with Crippen molar-refractivity contribution in [3.05, 3.63) is 71.5 Å². The number of nitrogens with one attached hydrogen (secondary N) is 1. The van der Waals surface area contributed by atoms with Crippen molar-refractivity contribution in [2.75, 3.05) is 29.9 Å². The maximum absolute atomic E-state index is 12.7. The minimum Gasteiger partial charge on any atom is -0.343 e. The Morgan fingerprint density at radius 1 is 1.20 bits per heavy atom. The minimum atomic E-state index is -0.131. The number of hydrogen-bond donors (Lipinski definition) is 1. The molecule has 0 bridgehead atoms. The van der Waals surface area contributed by atoms with Crippen LogP contribution in [0.2, 0.25) is 0 Å². The van der Waals surface area contributed by atoms with Crippen molar-refractivity contribution in [2.45, 2.75) is 19.4 Å². The molecule has 1 aromatic heterocycles. The predicted octanol–water partition coefficient (Wildman–Crippen LogP) is 3.74. The van der Waals surface area contributed by atoms with Crippen molar-refractivity contribution in [3.63, 3.8) is 0 Å². The fraction of sp³-hybridized carbons (Fsp3) is 0.273. The molecule has 2 amide bonds. The molecule has 0 aliphatic carbocycles. The average Bonchev–Trinajstić information content (AvgIpc) is 3.23. The number of amides is 2. The quantitative estimate of drug-likeness (QED) is 0.698. The Bertz CT molecular complexity index is 1040. The van der Waals surface area contributed by atoms with Gasteiger partial charge in [0.2, 0.25) is 5.13 Å². The predicted molar refractivity (Wildman–Crippen MR) is 118 cm³/mol. The van der Waals surface area contributed by atoms with Crippen LogP contribution in [0, 0.1) is 11.3 Å². The number of rotatable bonds is 4. The molecule has 0 saturated carbocycles. The van der Waals surface area contributed by atoms with Crippen LogP contribution in [0.5, 0.6) is 0 Å². The standard InChI is InChI=1S/C22H22N6OS/c1-16-15-27(22-25-20(26-30-22)13-17-5-3-2-4-6-17)11-12-28(16)21(29)24-19-9-7-18(14-23)8-10-19/h2-10,16H,11-13,15H2,1H3,(H,24,29). The first kappa shape index (κ1) is 19.9. The van der Waals surface area contributed by atoms with E-state index in [4.69, 9.17) is 10.2 Å². The molecule has 2 heterocycles. The molecule has 4 rings (SSSR count). The van der Waals surface area contributed by atoms with Gasteiger partial charge in [-0.3, -0.25) is 0 Å². The van der Waals surface area contributed by atoms with E-state index in [1.807, 2.05) is 30.0 Å². The Balaban J connectivity index is 1.34. The van der Waals surface area contributed by atoms with E-state index >= 15 is 0 Å². The summed E-state index contributed by atoms with van der Waals surface area (Å²) in [5.74, 6) is 0.829. The summed E-state index contributed by atoms with van der Waals surface area (Å²) in [4.78, 5) is 21.4. The van der Waals surface area contributed by atoms with Gasteiger partial charge < -0.3 is 15.1 Å². The van der Waals surface area contributed by atoms with E-state index in [9.17, 15) is 4.79 Å². The summed E-state index contributed by atoms with van der Waals surface area (Å²) in [6, 6.07) is 19.1. The molecular formula is C22H22N6OS. The van der Waals surface area contributed by atoms with Gasteiger partial charge in [-0.25, -0.2) is 9.78 Å². The Kier molecular flexibility index (Phi) is 5.91. The van der Waals surface area contributed by atoms with Gasteiger partial charge in [0.05, 0.1) is 11.6 Å². The van der Waals surface area contributed by atoms with E-state index in [0.29, 0.717) is 30.9 Å². The number of nitrogens with zero attached hydrogens (tertiary/aromatic N) is 5. The van der Waals surface area contributed by atoms with Crippen LogP contribution in [-0.4, -0.2) is 46.0 Å². The summed E-state index contributed by atoms with van der Waals surface area (Å²) in [6.45, 7) is 4.07. The second-order valence-corrected chi connectivity index (χ2v) is 7.99. The highest BCUT2D eigenvalue weighted by Gasteiger charge is 2.29. The van der Waals surface area contributed by atoms with E-state index in [1.165, 1.54) is 17.1 Å². The summed E-state index contributed by atoms with van der Waals surface area (Å²) in [7, 11) is 0. The highest BCUT2D eigenvalue weighted by atomic mass is 32.1. The van der Waals surface area contributed by atoms with Gasteiger partial charge in [0.15, 0.2) is 0 Å². The molecule has 1 saturated heterocycles. The first-order valence-corrected chi connectivity index (χ1v) is 10.6. The number of hydrogen-bond acceptors (Lipinski definition) is 6. The number of nitriles is 1. The molecule has 152 valence electrons. The monoisotopic (exact) mass is 418 g/mol. The molecule has 8 heteroatoms. The van der Waals surface area contributed by atoms with E-state index < -0.39 is 0 Å². The van der Waals surface area contributed by atoms with Gasteiger partial charge in [-0.05, 0) is 36.8 Å². The Morgan fingerprint density at radius 3 is 2.67 bits per heavy atom. The Hall–Kier alpha value is -3.44. The van der Waals surface area contributed by atoms with Crippen LogP contribution in [0.3, 0.4) is 0 Å². The van der Waals surface area contributed by atoms with Gasteiger partial charge in [0.1, 0.15) is 5.82 Å². The third-order valence-electron chi connectivity index (χ3n) is 5.09. The van der Waals surface area contributed by atoms with Gasteiger partial charge in [0, 0.05) is 49.3 Å². The molecule has 1 N–H and O–H groups in total. The lowest BCUT2D eigenvalue weighted by molar-refractivity contribution is 0.185. The molecule has 3 aromatic rings. The topological polar surface area (TPSA) is 85.2 Å². The number of aromatic nitrogens is 2. The molecule has 0 spiro atoms. The van der Waals surface area contributed by atoms with Crippen LogP contribution < -0.4 is 10.2 Å². The number of carbonyl (C=O) groups is 1. The summed E-state index contributed by atoms with van der Waals surface area (Å²) in [6.07, 6.45) is 0.722. The lowest BCUT2D eigenvalue weighted by atomic mass is 10.1. The Labute approximate surface area is 179 Å². The van der Waals surface area contributed by atoms with Gasteiger partial charge >= 0.3 is 6.03 Å². The number of carbonyl (C=O) groups excluding carboxylic acids is 1. The van der Waals surface area contributed by atoms with Crippen molar-refractivity contribution in [1.82, 2.24) is 14.3 Å². The van der Waals surface area contributed by atoms with Crippen LogP contribution in [0.1, 0.15) is 23.9 Å². The highest BCUT2D eigenvalue weighted by Crippen LogP contribution is 2.23. The van der Waals surface area contributed by atoms with Crippen LogP contribution in [0.15, 0.2) is 54.6 Å². The zero-order valence-electron chi connectivity index (χ0n) is 16.7. The minimum absolute atomic E-state index is 0.0404.